The molecule has 0 unspecified atom stereocenters. The van der Waals surface area contributed by atoms with Gasteiger partial charge in [0, 0.05) is 43.6 Å². The molecule has 3 aromatic rings. The topological polar surface area (TPSA) is 46.0 Å². The maximum atomic E-state index is 5.71. The van der Waals surface area contributed by atoms with Gasteiger partial charge < -0.3 is 14.8 Å². The van der Waals surface area contributed by atoms with Crippen LogP contribution in [0.4, 0.5) is 0 Å². The van der Waals surface area contributed by atoms with Gasteiger partial charge in [0.2, 0.25) is 0 Å². The van der Waals surface area contributed by atoms with Crippen LogP contribution in [0.15, 0.2) is 61.1 Å². The van der Waals surface area contributed by atoms with E-state index in [4.69, 9.17) is 12.2 Å². The van der Waals surface area contributed by atoms with Crippen LogP contribution in [-0.4, -0.2) is 24.5 Å². The molecular weight excluding hydrogens is 342 g/mol. The summed E-state index contributed by atoms with van der Waals surface area (Å²) < 4.78 is 2.23. The number of thiocarbonyl (C=S) groups is 1. The fourth-order valence-electron chi connectivity index (χ4n) is 3.51. The van der Waals surface area contributed by atoms with Crippen molar-refractivity contribution in [2.75, 3.05) is 0 Å². The number of nitrogens with one attached hydrogen (secondary N) is 1. The van der Waals surface area contributed by atoms with Crippen LogP contribution in [0.1, 0.15) is 34.7 Å². The molecular formula is C20H21N5S. The summed E-state index contributed by atoms with van der Waals surface area (Å²) in [7, 11) is 2.10. The molecule has 0 amide bonds. The molecule has 6 heteroatoms. The van der Waals surface area contributed by atoms with Crippen molar-refractivity contribution in [1.29, 1.82) is 0 Å². The van der Waals surface area contributed by atoms with Crippen molar-refractivity contribution in [1.82, 2.24) is 24.8 Å². The van der Waals surface area contributed by atoms with E-state index in [1.807, 2.05) is 42.9 Å². The van der Waals surface area contributed by atoms with E-state index in [2.05, 4.69) is 56.9 Å². The van der Waals surface area contributed by atoms with Gasteiger partial charge in [-0.05, 0) is 61.1 Å². The van der Waals surface area contributed by atoms with E-state index in [9.17, 15) is 0 Å². The molecule has 26 heavy (non-hydrogen) atoms. The molecule has 1 fully saturated rings. The summed E-state index contributed by atoms with van der Waals surface area (Å²) in [4.78, 5) is 10.9. The standard InChI is InChI=1S/C20H21N5S/c1-14-6-7-17(24(14)2)19-18(16-5-3-4-10-22-16)23-20(26)25(19)13-15-8-11-21-12-9-15/h3-12,18-19H,13H2,1-2H3,(H,23,26)/t18-,19+/m0/s1. The Morgan fingerprint density at radius 3 is 2.54 bits per heavy atom. The molecule has 2 atom stereocenters. The first kappa shape index (κ1) is 16.7. The van der Waals surface area contributed by atoms with E-state index in [1.165, 1.54) is 17.0 Å². The quantitative estimate of drug-likeness (QED) is 0.721. The van der Waals surface area contributed by atoms with Crippen LogP contribution in [0, 0.1) is 6.92 Å². The molecule has 4 heterocycles. The summed E-state index contributed by atoms with van der Waals surface area (Å²) in [5, 5.41) is 4.24. The lowest BCUT2D eigenvalue weighted by Crippen LogP contribution is -2.30. The Bertz CT molecular complexity index is 906. The van der Waals surface area contributed by atoms with Crippen molar-refractivity contribution in [3.8, 4) is 0 Å². The van der Waals surface area contributed by atoms with E-state index in [1.54, 1.807) is 0 Å². The molecule has 0 aliphatic carbocycles. The molecule has 3 aromatic heterocycles. The van der Waals surface area contributed by atoms with Crippen LogP contribution in [0.3, 0.4) is 0 Å². The van der Waals surface area contributed by atoms with Crippen LogP contribution in [-0.2, 0) is 13.6 Å². The van der Waals surface area contributed by atoms with Gasteiger partial charge in [-0.1, -0.05) is 6.07 Å². The highest BCUT2D eigenvalue weighted by atomic mass is 32.1. The Morgan fingerprint density at radius 1 is 1.08 bits per heavy atom. The zero-order valence-corrected chi connectivity index (χ0v) is 15.6. The largest absolute Gasteiger partial charge is 0.352 e. The van der Waals surface area contributed by atoms with Crippen molar-refractivity contribution >= 4 is 17.3 Å². The minimum absolute atomic E-state index is 0.0125. The average molecular weight is 363 g/mol. The lowest BCUT2D eigenvalue weighted by molar-refractivity contribution is 0.299. The smallest absolute Gasteiger partial charge is 0.170 e. The average Bonchev–Trinajstić information content (AvgIpc) is 3.17. The molecule has 132 valence electrons. The molecule has 1 aliphatic heterocycles. The lowest BCUT2D eigenvalue weighted by atomic mass is 10.0. The number of rotatable bonds is 4. The van der Waals surface area contributed by atoms with Gasteiger partial charge in [-0.25, -0.2) is 0 Å². The highest BCUT2D eigenvalue weighted by Gasteiger charge is 2.40. The van der Waals surface area contributed by atoms with E-state index in [-0.39, 0.29) is 12.1 Å². The summed E-state index contributed by atoms with van der Waals surface area (Å²) in [5.41, 5.74) is 4.62. The van der Waals surface area contributed by atoms with Crippen molar-refractivity contribution in [3.05, 3.63) is 83.7 Å². The zero-order chi connectivity index (χ0) is 18.1. The monoisotopic (exact) mass is 363 g/mol. The summed E-state index contributed by atoms with van der Waals surface area (Å²) in [6.45, 7) is 2.85. The van der Waals surface area contributed by atoms with Crippen molar-refractivity contribution in [2.45, 2.75) is 25.6 Å². The van der Waals surface area contributed by atoms with Gasteiger partial charge in [0.25, 0.3) is 0 Å². The van der Waals surface area contributed by atoms with Gasteiger partial charge in [-0.15, -0.1) is 0 Å². The second-order valence-corrected chi connectivity index (χ2v) is 6.96. The van der Waals surface area contributed by atoms with Gasteiger partial charge in [-0.3, -0.25) is 9.97 Å². The number of aryl methyl sites for hydroxylation is 1. The van der Waals surface area contributed by atoms with Crippen LogP contribution >= 0.6 is 12.2 Å². The Hall–Kier alpha value is -2.73. The maximum absolute atomic E-state index is 5.71. The normalized spacial score (nSPS) is 19.6. The van der Waals surface area contributed by atoms with E-state index in [0.717, 1.165) is 17.4 Å². The highest BCUT2D eigenvalue weighted by Crippen LogP contribution is 2.39. The van der Waals surface area contributed by atoms with Crippen molar-refractivity contribution in [3.63, 3.8) is 0 Å². The molecule has 0 radical (unpaired) electrons. The van der Waals surface area contributed by atoms with Crippen LogP contribution in [0.25, 0.3) is 0 Å². The van der Waals surface area contributed by atoms with Crippen LogP contribution in [0.2, 0.25) is 0 Å². The number of pyridine rings is 2. The highest BCUT2D eigenvalue weighted by molar-refractivity contribution is 7.80. The Kier molecular flexibility index (Phi) is 4.42. The SMILES string of the molecule is Cc1ccc([C@@H]2[C@H](c3ccccn3)NC(=S)N2Cc2ccncc2)n1C. The summed E-state index contributed by atoms with van der Waals surface area (Å²) in [5.74, 6) is 0. The van der Waals surface area contributed by atoms with E-state index >= 15 is 0 Å². The predicted octanol–water partition coefficient (Wildman–Crippen LogP) is 3.30. The van der Waals surface area contributed by atoms with Crippen LogP contribution < -0.4 is 5.32 Å². The molecule has 1 N–H and O–H groups in total. The zero-order valence-electron chi connectivity index (χ0n) is 14.8. The Labute approximate surface area is 158 Å². The minimum atomic E-state index is 0.0125. The number of hydrogen-bond acceptors (Lipinski definition) is 3. The summed E-state index contributed by atoms with van der Waals surface area (Å²) in [6, 6.07) is 14.5. The fourth-order valence-corrected chi connectivity index (χ4v) is 3.82. The summed E-state index contributed by atoms with van der Waals surface area (Å²) >= 11 is 5.71. The van der Waals surface area contributed by atoms with Crippen molar-refractivity contribution in [2.24, 2.45) is 7.05 Å². The van der Waals surface area contributed by atoms with Gasteiger partial charge in [-0.2, -0.15) is 0 Å². The van der Waals surface area contributed by atoms with Gasteiger partial charge >= 0.3 is 0 Å². The third-order valence-electron chi connectivity index (χ3n) is 5.01. The second kappa shape index (κ2) is 6.88. The lowest BCUT2D eigenvalue weighted by Gasteiger charge is -2.28. The maximum Gasteiger partial charge on any atom is 0.170 e. The van der Waals surface area contributed by atoms with E-state index in [0.29, 0.717) is 0 Å². The number of nitrogens with zero attached hydrogens (tertiary/aromatic N) is 4. The Morgan fingerprint density at radius 2 is 1.88 bits per heavy atom. The van der Waals surface area contributed by atoms with Crippen molar-refractivity contribution < 1.29 is 0 Å². The molecule has 1 saturated heterocycles. The first-order valence-electron chi connectivity index (χ1n) is 8.64. The molecule has 0 saturated carbocycles. The molecule has 4 rings (SSSR count). The van der Waals surface area contributed by atoms with Gasteiger partial charge in [0.15, 0.2) is 5.11 Å². The third-order valence-corrected chi connectivity index (χ3v) is 5.37. The van der Waals surface area contributed by atoms with Gasteiger partial charge in [0.05, 0.1) is 17.8 Å². The molecule has 0 bridgehead atoms. The molecule has 0 spiro atoms. The predicted molar refractivity (Wildman–Crippen MR) is 105 cm³/mol. The minimum Gasteiger partial charge on any atom is -0.352 e. The van der Waals surface area contributed by atoms with E-state index < -0.39 is 0 Å². The molecule has 0 aromatic carbocycles. The molecule has 5 nitrogen and oxygen atoms in total. The number of aromatic nitrogens is 3. The fraction of sp³-hybridized carbons (Fsp3) is 0.250. The van der Waals surface area contributed by atoms with Gasteiger partial charge in [0.1, 0.15) is 0 Å². The number of hydrogen-bond donors (Lipinski definition) is 1. The first-order valence-corrected chi connectivity index (χ1v) is 9.05. The third kappa shape index (κ3) is 2.97. The Balaban J connectivity index is 1.76. The summed E-state index contributed by atoms with van der Waals surface area (Å²) in [6.07, 6.45) is 5.47. The second-order valence-electron chi connectivity index (χ2n) is 6.57. The van der Waals surface area contributed by atoms with Crippen LogP contribution in [0.5, 0.6) is 0 Å². The molecule has 1 aliphatic rings. The first-order chi connectivity index (χ1) is 12.6.